The van der Waals surface area contributed by atoms with Gasteiger partial charge in [0.15, 0.2) is 0 Å². The van der Waals surface area contributed by atoms with Crippen LogP contribution < -0.4 is 10.6 Å². The quantitative estimate of drug-likeness (QED) is 0.680. The van der Waals surface area contributed by atoms with Gasteiger partial charge in [-0.05, 0) is 30.0 Å². The number of aliphatic hydroxyl groups excluding tert-OH is 1. The molecule has 3 N–H and O–H groups in total. The van der Waals surface area contributed by atoms with Crippen LogP contribution in [0.3, 0.4) is 0 Å². The highest BCUT2D eigenvalue weighted by atomic mass is 35.5. The van der Waals surface area contributed by atoms with Crippen molar-refractivity contribution in [2.75, 3.05) is 6.54 Å². The predicted molar refractivity (Wildman–Crippen MR) is 91.1 cm³/mol. The van der Waals surface area contributed by atoms with E-state index < -0.39 is 12.1 Å². The van der Waals surface area contributed by atoms with Crippen molar-refractivity contribution in [3.8, 4) is 0 Å². The van der Waals surface area contributed by atoms with Gasteiger partial charge in [-0.1, -0.05) is 37.6 Å². The summed E-state index contributed by atoms with van der Waals surface area (Å²) in [5.74, 6) is -0.212. The number of hydrogen-bond donors (Lipinski definition) is 3. The molecule has 2 atom stereocenters. The number of amides is 2. The fourth-order valence-corrected chi connectivity index (χ4v) is 2.27. The van der Waals surface area contributed by atoms with Gasteiger partial charge in [-0.2, -0.15) is 0 Å². The summed E-state index contributed by atoms with van der Waals surface area (Å²) in [7, 11) is 0. The van der Waals surface area contributed by atoms with E-state index in [-0.39, 0.29) is 24.2 Å². The van der Waals surface area contributed by atoms with E-state index in [1.807, 2.05) is 13.8 Å². The van der Waals surface area contributed by atoms with Crippen molar-refractivity contribution in [2.24, 2.45) is 5.92 Å². The van der Waals surface area contributed by atoms with E-state index in [2.05, 4.69) is 10.6 Å². The van der Waals surface area contributed by atoms with Crippen LogP contribution in [-0.2, 0) is 9.59 Å². The highest BCUT2D eigenvalue weighted by Gasteiger charge is 2.17. The Bertz CT molecular complexity index is 517. The monoisotopic (exact) mass is 340 g/mol. The molecule has 6 heteroatoms. The van der Waals surface area contributed by atoms with E-state index in [4.69, 9.17) is 11.6 Å². The molecule has 5 nitrogen and oxygen atoms in total. The van der Waals surface area contributed by atoms with Gasteiger partial charge in [0.2, 0.25) is 11.8 Å². The Labute approximate surface area is 142 Å². The molecule has 1 aromatic carbocycles. The molecule has 0 fully saturated rings. The van der Waals surface area contributed by atoms with Crippen LogP contribution in [0.15, 0.2) is 24.3 Å². The van der Waals surface area contributed by atoms with E-state index in [1.54, 1.807) is 24.3 Å². The molecule has 2 unspecified atom stereocenters. The molecule has 0 aromatic heterocycles. The zero-order chi connectivity index (χ0) is 17.4. The van der Waals surface area contributed by atoms with Gasteiger partial charge in [0.05, 0.1) is 18.6 Å². The fourth-order valence-electron chi connectivity index (χ4n) is 2.14. The summed E-state index contributed by atoms with van der Waals surface area (Å²) < 4.78 is 0. The smallest absolute Gasteiger partial charge is 0.222 e. The SMILES string of the molecule is CC(=O)NC(CC(=O)NCCC(O)C(C)C)c1ccc(Cl)cc1. The first-order valence-electron chi connectivity index (χ1n) is 7.77. The zero-order valence-corrected chi connectivity index (χ0v) is 14.6. The molecule has 0 saturated heterocycles. The number of hydrogen-bond acceptors (Lipinski definition) is 3. The van der Waals surface area contributed by atoms with E-state index >= 15 is 0 Å². The Kier molecular flexibility index (Phi) is 8.06. The lowest BCUT2D eigenvalue weighted by atomic mass is 10.0. The standard InChI is InChI=1S/C17H25ClN2O3/c1-11(2)16(22)8-9-19-17(23)10-15(20-12(3)21)13-4-6-14(18)7-5-13/h4-7,11,15-16,22H,8-10H2,1-3H3,(H,19,23)(H,20,21). The first-order chi connectivity index (χ1) is 10.8. The highest BCUT2D eigenvalue weighted by molar-refractivity contribution is 6.30. The molecule has 1 aromatic rings. The minimum Gasteiger partial charge on any atom is -0.393 e. The molecular formula is C17H25ClN2O3. The molecule has 23 heavy (non-hydrogen) atoms. The number of aliphatic hydroxyl groups is 1. The van der Waals surface area contributed by atoms with Gasteiger partial charge in [-0.25, -0.2) is 0 Å². The molecule has 1 rings (SSSR count). The Morgan fingerprint density at radius 1 is 1.22 bits per heavy atom. The summed E-state index contributed by atoms with van der Waals surface area (Å²) in [5, 5.41) is 15.9. The summed E-state index contributed by atoms with van der Waals surface area (Å²) in [4.78, 5) is 23.4. The number of nitrogens with one attached hydrogen (secondary N) is 2. The van der Waals surface area contributed by atoms with Gasteiger partial charge >= 0.3 is 0 Å². The molecular weight excluding hydrogens is 316 g/mol. The molecule has 0 spiro atoms. The van der Waals surface area contributed by atoms with Gasteiger partial charge in [-0.15, -0.1) is 0 Å². The first kappa shape index (κ1) is 19.5. The molecule has 0 aliphatic carbocycles. The van der Waals surface area contributed by atoms with Crippen molar-refractivity contribution < 1.29 is 14.7 Å². The van der Waals surface area contributed by atoms with Crippen molar-refractivity contribution in [1.29, 1.82) is 0 Å². The Morgan fingerprint density at radius 3 is 2.35 bits per heavy atom. The van der Waals surface area contributed by atoms with Crippen molar-refractivity contribution in [3.05, 3.63) is 34.9 Å². The molecule has 0 aliphatic rings. The molecule has 0 aliphatic heterocycles. The van der Waals surface area contributed by atoms with Crippen molar-refractivity contribution in [3.63, 3.8) is 0 Å². The molecule has 0 saturated carbocycles. The van der Waals surface area contributed by atoms with Gasteiger partial charge in [0.25, 0.3) is 0 Å². The third kappa shape index (κ3) is 7.48. The number of halogens is 1. The fraction of sp³-hybridized carbons (Fsp3) is 0.529. The minimum absolute atomic E-state index is 0.138. The van der Waals surface area contributed by atoms with Crippen LogP contribution in [0.25, 0.3) is 0 Å². The second-order valence-electron chi connectivity index (χ2n) is 5.96. The van der Waals surface area contributed by atoms with Crippen LogP contribution in [0.5, 0.6) is 0 Å². The topological polar surface area (TPSA) is 78.4 Å². The lowest BCUT2D eigenvalue weighted by Gasteiger charge is -2.19. The predicted octanol–water partition coefficient (Wildman–Crippen LogP) is 2.43. The summed E-state index contributed by atoms with van der Waals surface area (Å²) in [6.07, 6.45) is 0.214. The van der Waals surface area contributed by atoms with E-state index in [0.717, 1.165) is 5.56 Å². The van der Waals surface area contributed by atoms with Crippen LogP contribution >= 0.6 is 11.6 Å². The highest BCUT2D eigenvalue weighted by Crippen LogP contribution is 2.19. The maximum atomic E-state index is 12.1. The maximum Gasteiger partial charge on any atom is 0.222 e. The lowest BCUT2D eigenvalue weighted by Crippen LogP contribution is -2.34. The van der Waals surface area contributed by atoms with Crippen molar-refractivity contribution in [1.82, 2.24) is 10.6 Å². The Balaban J connectivity index is 2.58. The summed E-state index contributed by atoms with van der Waals surface area (Å²) >= 11 is 5.86. The largest absolute Gasteiger partial charge is 0.393 e. The average Bonchev–Trinajstić information content (AvgIpc) is 2.46. The first-order valence-corrected chi connectivity index (χ1v) is 8.14. The van der Waals surface area contributed by atoms with Crippen molar-refractivity contribution in [2.45, 2.75) is 45.8 Å². The number of carbonyl (C=O) groups is 2. The zero-order valence-electron chi connectivity index (χ0n) is 13.8. The van der Waals surface area contributed by atoms with Gasteiger partial charge in [-0.3, -0.25) is 9.59 Å². The van der Waals surface area contributed by atoms with Gasteiger partial charge < -0.3 is 15.7 Å². The normalized spacial score (nSPS) is 13.5. The van der Waals surface area contributed by atoms with Gasteiger partial charge in [0.1, 0.15) is 0 Å². The Morgan fingerprint density at radius 2 is 1.83 bits per heavy atom. The molecule has 2 amide bonds. The second-order valence-corrected chi connectivity index (χ2v) is 6.40. The summed E-state index contributed by atoms with van der Waals surface area (Å²) in [5.41, 5.74) is 0.821. The lowest BCUT2D eigenvalue weighted by molar-refractivity contribution is -0.122. The molecule has 0 radical (unpaired) electrons. The maximum absolute atomic E-state index is 12.1. The van der Waals surface area contributed by atoms with Crippen LogP contribution in [0.1, 0.15) is 45.2 Å². The number of rotatable bonds is 8. The average molecular weight is 341 g/mol. The number of benzene rings is 1. The minimum atomic E-state index is -0.433. The molecule has 0 heterocycles. The van der Waals surface area contributed by atoms with E-state index in [9.17, 15) is 14.7 Å². The van der Waals surface area contributed by atoms with E-state index in [0.29, 0.717) is 18.0 Å². The third-order valence-corrected chi connectivity index (χ3v) is 3.82. The van der Waals surface area contributed by atoms with Crippen molar-refractivity contribution >= 4 is 23.4 Å². The summed E-state index contributed by atoms with van der Waals surface area (Å²) in [6, 6.07) is 6.63. The molecule has 0 bridgehead atoms. The third-order valence-electron chi connectivity index (χ3n) is 3.57. The van der Waals surface area contributed by atoms with E-state index in [1.165, 1.54) is 6.92 Å². The van der Waals surface area contributed by atoms with Crippen LogP contribution in [0, 0.1) is 5.92 Å². The number of carbonyl (C=O) groups excluding carboxylic acids is 2. The summed E-state index contributed by atoms with van der Waals surface area (Å²) in [6.45, 7) is 5.69. The Hall–Kier alpha value is -1.59. The van der Waals surface area contributed by atoms with Crippen LogP contribution in [0.4, 0.5) is 0 Å². The van der Waals surface area contributed by atoms with Crippen LogP contribution in [0.2, 0.25) is 5.02 Å². The van der Waals surface area contributed by atoms with Crippen LogP contribution in [-0.4, -0.2) is 29.6 Å². The van der Waals surface area contributed by atoms with Gasteiger partial charge in [0, 0.05) is 18.5 Å². The molecule has 128 valence electrons. The second kappa shape index (κ2) is 9.53.